The van der Waals surface area contributed by atoms with E-state index in [2.05, 4.69) is 88.5 Å². The van der Waals surface area contributed by atoms with E-state index in [0.29, 0.717) is 23.9 Å². The second kappa shape index (κ2) is 11.3. The minimum Gasteiger partial charge on any atom is -0.483 e. The average molecular weight is 537 g/mol. The number of aryl methyl sites for hydroxylation is 1. The van der Waals surface area contributed by atoms with Crippen molar-refractivity contribution in [2.24, 2.45) is 0 Å². The van der Waals surface area contributed by atoms with Gasteiger partial charge in [0.1, 0.15) is 5.75 Å². The number of nitrogens with zero attached hydrogens (tertiary/aromatic N) is 4. The summed E-state index contributed by atoms with van der Waals surface area (Å²) in [4.78, 5) is 13.2. The van der Waals surface area contributed by atoms with Crippen molar-refractivity contribution >= 4 is 16.8 Å². The van der Waals surface area contributed by atoms with Crippen LogP contribution in [0.3, 0.4) is 0 Å². The molecule has 0 radical (unpaired) electrons. The molecule has 2 heterocycles. The number of nitrogens with one attached hydrogen (secondary N) is 2. The fourth-order valence-electron chi connectivity index (χ4n) is 5.04. The molecule has 40 heavy (non-hydrogen) atoms. The number of H-pyrrole nitrogens is 1. The van der Waals surface area contributed by atoms with E-state index in [4.69, 9.17) is 4.74 Å². The first kappa shape index (κ1) is 27.1. The first-order valence-electron chi connectivity index (χ1n) is 13.7. The van der Waals surface area contributed by atoms with Crippen molar-refractivity contribution in [2.75, 3.05) is 0 Å². The number of hydrogen-bond acceptors (Lipinski definition) is 5. The molecule has 1 amide bonds. The lowest BCUT2D eigenvalue weighted by molar-refractivity contribution is 0.0940. The number of ether oxygens (including phenoxy) is 1. The third-order valence-electron chi connectivity index (χ3n) is 7.60. The van der Waals surface area contributed by atoms with Crippen LogP contribution in [0.1, 0.15) is 89.9 Å². The van der Waals surface area contributed by atoms with Crippen LogP contribution in [0.15, 0.2) is 66.7 Å². The minimum absolute atomic E-state index is 0.0743. The summed E-state index contributed by atoms with van der Waals surface area (Å²) in [5, 5.41) is 18.3. The Morgan fingerprint density at radius 3 is 2.50 bits per heavy atom. The smallest absolute Gasteiger partial charge is 0.251 e. The summed E-state index contributed by atoms with van der Waals surface area (Å²) in [6.07, 6.45) is -0.322. The predicted molar refractivity (Wildman–Crippen MR) is 157 cm³/mol. The van der Waals surface area contributed by atoms with Crippen LogP contribution in [0.4, 0.5) is 0 Å². The molecule has 2 N–H and O–H groups in total. The van der Waals surface area contributed by atoms with Crippen molar-refractivity contribution in [3.05, 3.63) is 106 Å². The number of rotatable bonds is 9. The van der Waals surface area contributed by atoms with Crippen LogP contribution in [0.2, 0.25) is 0 Å². The summed E-state index contributed by atoms with van der Waals surface area (Å²) in [6.45, 7) is 13.2. The van der Waals surface area contributed by atoms with Crippen LogP contribution in [0.25, 0.3) is 10.9 Å². The summed E-state index contributed by atoms with van der Waals surface area (Å²) < 4.78 is 8.33. The van der Waals surface area contributed by atoms with Crippen LogP contribution >= 0.6 is 0 Å². The highest BCUT2D eigenvalue weighted by Gasteiger charge is 2.17. The second-order valence-corrected chi connectivity index (χ2v) is 10.7. The van der Waals surface area contributed by atoms with Gasteiger partial charge in [-0.15, -0.1) is 10.2 Å². The van der Waals surface area contributed by atoms with Crippen molar-refractivity contribution in [1.82, 2.24) is 30.5 Å². The van der Waals surface area contributed by atoms with Crippen LogP contribution in [0, 0.1) is 13.8 Å². The number of carbonyl (C=O) groups is 1. The normalized spacial score (nSPS) is 13.0. The number of tetrazole rings is 1. The Morgan fingerprint density at radius 1 is 0.975 bits per heavy atom. The molecule has 5 rings (SSSR count). The minimum atomic E-state index is -0.322. The highest BCUT2D eigenvalue weighted by Crippen LogP contribution is 2.29. The molecule has 0 bridgehead atoms. The third kappa shape index (κ3) is 5.61. The standard InChI is InChI=1S/C32H36N6O2/c1-19(2)25-10-8-11-26(16-25)21(4)33-32(39)27-13-14-30-29(17-27)20(3)22(5)38(30)18-24-9-7-12-28(15-24)40-23(6)31-34-36-37-35-31/h7-17,19,21,23H,18H2,1-6H3,(H,33,39)(H,34,35,36,37). The summed E-state index contributed by atoms with van der Waals surface area (Å²) in [5.74, 6) is 1.62. The first-order chi connectivity index (χ1) is 19.2. The Bertz CT molecular complexity index is 1640. The van der Waals surface area contributed by atoms with E-state index in [1.165, 1.54) is 11.1 Å². The van der Waals surface area contributed by atoms with Crippen LogP contribution in [0.5, 0.6) is 5.75 Å². The fourth-order valence-corrected chi connectivity index (χ4v) is 5.04. The maximum Gasteiger partial charge on any atom is 0.251 e. The van der Waals surface area contributed by atoms with E-state index in [0.717, 1.165) is 33.5 Å². The van der Waals surface area contributed by atoms with E-state index in [-0.39, 0.29) is 18.1 Å². The number of aromatic amines is 1. The molecule has 0 saturated carbocycles. The highest BCUT2D eigenvalue weighted by molar-refractivity contribution is 5.99. The number of benzene rings is 3. The summed E-state index contributed by atoms with van der Waals surface area (Å²) in [6, 6.07) is 22.4. The van der Waals surface area contributed by atoms with Gasteiger partial charge in [0.2, 0.25) is 5.82 Å². The molecule has 5 aromatic rings. The topological polar surface area (TPSA) is 97.7 Å². The molecule has 2 unspecified atom stereocenters. The van der Waals surface area contributed by atoms with Gasteiger partial charge in [-0.05, 0) is 86.2 Å². The summed E-state index contributed by atoms with van der Waals surface area (Å²) in [7, 11) is 0. The molecule has 8 heteroatoms. The molecular weight excluding hydrogens is 500 g/mol. The van der Waals surface area contributed by atoms with Crippen LogP contribution < -0.4 is 10.1 Å². The predicted octanol–water partition coefficient (Wildman–Crippen LogP) is 6.57. The number of fused-ring (bicyclic) bond motifs is 1. The lowest BCUT2D eigenvalue weighted by Crippen LogP contribution is -2.26. The van der Waals surface area contributed by atoms with Gasteiger partial charge < -0.3 is 14.6 Å². The van der Waals surface area contributed by atoms with Gasteiger partial charge in [0.05, 0.1) is 6.04 Å². The van der Waals surface area contributed by atoms with Gasteiger partial charge >= 0.3 is 0 Å². The zero-order valence-electron chi connectivity index (χ0n) is 23.9. The van der Waals surface area contributed by atoms with Gasteiger partial charge in [-0.3, -0.25) is 4.79 Å². The molecule has 0 saturated heterocycles. The first-order valence-corrected chi connectivity index (χ1v) is 13.7. The zero-order chi connectivity index (χ0) is 28.4. The van der Waals surface area contributed by atoms with Gasteiger partial charge in [-0.2, -0.15) is 5.21 Å². The Morgan fingerprint density at radius 2 is 1.75 bits per heavy atom. The molecule has 0 aliphatic carbocycles. The summed E-state index contributed by atoms with van der Waals surface area (Å²) >= 11 is 0. The lowest BCUT2D eigenvalue weighted by Gasteiger charge is -2.17. The Labute approximate surface area is 234 Å². The van der Waals surface area contributed by atoms with Gasteiger partial charge in [-0.25, -0.2) is 0 Å². The monoisotopic (exact) mass is 536 g/mol. The van der Waals surface area contributed by atoms with Gasteiger partial charge in [0.15, 0.2) is 6.10 Å². The quantitative estimate of drug-likeness (QED) is 0.222. The summed E-state index contributed by atoms with van der Waals surface area (Å²) in [5.41, 5.74) is 7.57. The number of carbonyl (C=O) groups excluding carboxylic acids is 1. The molecule has 3 aromatic carbocycles. The van der Waals surface area contributed by atoms with Gasteiger partial charge in [0.25, 0.3) is 5.91 Å². The highest BCUT2D eigenvalue weighted by atomic mass is 16.5. The molecule has 0 fully saturated rings. The molecule has 2 atom stereocenters. The number of aromatic nitrogens is 5. The molecule has 206 valence electrons. The number of hydrogen-bond donors (Lipinski definition) is 2. The van der Waals surface area contributed by atoms with E-state index >= 15 is 0 Å². The molecular formula is C32H36N6O2. The van der Waals surface area contributed by atoms with E-state index in [1.807, 2.05) is 50.2 Å². The molecule has 0 aliphatic heterocycles. The molecule has 0 aliphatic rings. The fraction of sp³-hybridized carbons (Fsp3) is 0.312. The van der Waals surface area contributed by atoms with Gasteiger partial charge in [0, 0.05) is 28.7 Å². The van der Waals surface area contributed by atoms with Crippen LogP contribution in [-0.2, 0) is 6.54 Å². The van der Waals surface area contributed by atoms with E-state index < -0.39 is 0 Å². The van der Waals surface area contributed by atoms with Crippen molar-refractivity contribution in [3.63, 3.8) is 0 Å². The largest absolute Gasteiger partial charge is 0.483 e. The molecule has 8 nitrogen and oxygen atoms in total. The Hall–Kier alpha value is -4.46. The maximum atomic E-state index is 13.2. The van der Waals surface area contributed by atoms with Crippen molar-refractivity contribution < 1.29 is 9.53 Å². The average Bonchev–Trinajstić information content (AvgIpc) is 3.57. The van der Waals surface area contributed by atoms with E-state index in [9.17, 15) is 4.79 Å². The lowest BCUT2D eigenvalue weighted by atomic mass is 9.98. The zero-order valence-corrected chi connectivity index (χ0v) is 23.9. The second-order valence-electron chi connectivity index (χ2n) is 10.7. The Kier molecular flexibility index (Phi) is 7.69. The maximum absolute atomic E-state index is 13.2. The number of amides is 1. The van der Waals surface area contributed by atoms with Crippen molar-refractivity contribution in [1.29, 1.82) is 0 Å². The molecule has 0 spiro atoms. The van der Waals surface area contributed by atoms with Crippen molar-refractivity contribution in [2.45, 2.75) is 66.2 Å². The van der Waals surface area contributed by atoms with Gasteiger partial charge in [-0.1, -0.05) is 55.5 Å². The van der Waals surface area contributed by atoms with E-state index in [1.54, 1.807) is 0 Å². The SMILES string of the molecule is Cc1c(C)n(Cc2cccc(OC(C)c3nn[nH]n3)c2)c2ccc(C(=O)NC(C)c3cccc(C(C)C)c3)cc12. The Balaban J connectivity index is 1.35. The third-order valence-corrected chi connectivity index (χ3v) is 7.60. The van der Waals surface area contributed by atoms with Crippen LogP contribution in [-0.4, -0.2) is 31.1 Å². The van der Waals surface area contributed by atoms with Crippen molar-refractivity contribution in [3.8, 4) is 5.75 Å². The molecule has 2 aromatic heterocycles.